The molecule has 0 unspecified atom stereocenters. The van der Waals surface area contributed by atoms with Crippen LogP contribution in [0.3, 0.4) is 0 Å². The number of rotatable bonds is 2. The Kier molecular flexibility index (Phi) is 3.29. The quantitative estimate of drug-likeness (QED) is 0.816. The Hall–Kier alpha value is -1.38. The molecule has 0 aliphatic heterocycles. The molecule has 0 amide bonds. The zero-order valence-corrected chi connectivity index (χ0v) is 11.8. The molecule has 4 heteroatoms. The van der Waals surface area contributed by atoms with Gasteiger partial charge in [0.05, 0.1) is 15.7 Å². The van der Waals surface area contributed by atoms with Gasteiger partial charge in [-0.15, -0.1) is 0 Å². The van der Waals surface area contributed by atoms with Crippen LogP contribution in [0.5, 0.6) is 0 Å². The van der Waals surface area contributed by atoms with E-state index >= 15 is 0 Å². The second-order valence-corrected chi connectivity index (χ2v) is 5.69. The Morgan fingerprint density at radius 1 is 1.00 bits per heavy atom. The number of nitrogen functional groups attached to an aromatic ring is 1. The first-order chi connectivity index (χ1) is 9.13. The average Bonchev–Trinajstić information content (AvgIpc) is 2.76. The first kappa shape index (κ1) is 12.6. The molecule has 3 N–H and O–H groups in total. The van der Waals surface area contributed by atoms with Gasteiger partial charge in [-0.25, -0.2) is 0 Å². The van der Waals surface area contributed by atoms with Crippen LogP contribution in [0.2, 0.25) is 10.0 Å². The maximum Gasteiger partial charge on any atom is 0.0722 e. The van der Waals surface area contributed by atoms with Crippen molar-refractivity contribution in [2.24, 2.45) is 0 Å². The van der Waals surface area contributed by atoms with E-state index in [1.807, 2.05) is 0 Å². The minimum atomic E-state index is 0.330. The minimum absolute atomic E-state index is 0.330. The van der Waals surface area contributed by atoms with Crippen LogP contribution in [-0.4, -0.2) is 6.04 Å². The van der Waals surface area contributed by atoms with Crippen molar-refractivity contribution >= 4 is 34.6 Å². The smallest absolute Gasteiger partial charge is 0.0722 e. The fraction of sp³-hybridized carbons (Fsp3) is 0.200. The third-order valence-electron chi connectivity index (χ3n) is 3.46. The number of fused-ring (bicyclic) bond motifs is 1. The molecule has 3 rings (SSSR count). The standard InChI is InChI=1S/C15H14Cl2N2/c16-13-7-11(18)8-14(17)15(13)19-12-5-9-3-1-2-4-10(9)6-12/h1-4,7-8,12,19H,5-6,18H2. The van der Waals surface area contributed by atoms with Gasteiger partial charge in [-0.2, -0.15) is 0 Å². The first-order valence-electron chi connectivity index (χ1n) is 6.21. The van der Waals surface area contributed by atoms with Gasteiger partial charge in [0.15, 0.2) is 0 Å². The Labute approximate surface area is 122 Å². The molecule has 0 radical (unpaired) electrons. The lowest BCUT2D eigenvalue weighted by atomic mass is 10.1. The van der Waals surface area contributed by atoms with Crippen molar-refractivity contribution in [2.45, 2.75) is 18.9 Å². The normalized spacial score (nSPS) is 14.4. The summed E-state index contributed by atoms with van der Waals surface area (Å²) in [6.45, 7) is 0. The van der Waals surface area contributed by atoms with E-state index < -0.39 is 0 Å². The van der Waals surface area contributed by atoms with Gasteiger partial charge in [0.1, 0.15) is 0 Å². The van der Waals surface area contributed by atoms with Gasteiger partial charge in [-0.05, 0) is 36.1 Å². The number of benzene rings is 2. The summed E-state index contributed by atoms with van der Waals surface area (Å²) in [6.07, 6.45) is 1.99. The van der Waals surface area contributed by atoms with Crippen LogP contribution < -0.4 is 11.1 Å². The summed E-state index contributed by atoms with van der Waals surface area (Å²) < 4.78 is 0. The summed E-state index contributed by atoms with van der Waals surface area (Å²) in [4.78, 5) is 0. The molecule has 98 valence electrons. The first-order valence-corrected chi connectivity index (χ1v) is 6.97. The van der Waals surface area contributed by atoms with E-state index in [4.69, 9.17) is 28.9 Å². The van der Waals surface area contributed by atoms with Gasteiger partial charge in [0, 0.05) is 11.7 Å². The number of hydrogen-bond donors (Lipinski definition) is 2. The van der Waals surface area contributed by atoms with Crippen LogP contribution in [0, 0.1) is 0 Å². The van der Waals surface area contributed by atoms with Crippen molar-refractivity contribution < 1.29 is 0 Å². The van der Waals surface area contributed by atoms with Crippen LogP contribution in [0.4, 0.5) is 11.4 Å². The molecule has 1 aliphatic rings. The maximum absolute atomic E-state index is 6.20. The SMILES string of the molecule is Nc1cc(Cl)c(NC2Cc3ccccc3C2)c(Cl)c1. The molecule has 19 heavy (non-hydrogen) atoms. The Morgan fingerprint density at radius 2 is 1.53 bits per heavy atom. The largest absolute Gasteiger partial charge is 0.399 e. The zero-order chi connectivity index (χ0) is 13.4. The van der Waals surface area contributed by atoms with Crippen molar-refractivity contribution in [3.8, 4) is 0 Å². The lowest BCUT2D eigenvalue weighted by molar-refractivity contribution is 0.774. The summed E-state index contributed by atoms with van der Waals surface area (Å²) in [6, 6.07) is 12.3. The van der Waals surface area contributed by atoms with Gasteiger partial charge < -0.3 is 11.1 Å². The highest BCUT2D eigenvalue weighted by Gasteiger charge is 2.22. The highest BCUT2D eigenvalue weighted by molar-refractivity contribution is 6.39. The number of nitrogens with one attached hydrogen (secondary N) is 1. The second kappa shape index (κ2) is 4.95. The molecule has 0 heterocycles. The molecule has 2 aromatic carbocycles. The molecule has 0 fully saturated rings. The third-order valence-corrected chi connectivity index (χ3v) is 4.06. The second-order valence-electron chi connectivity index (χ2n) is 4.88. The van der Waals surface area contributed by atoms with E-state index in [0.29, 0.717) is 21.8 Å². The van der Waals surface area contributed by atoms with Crippen LogP contribution in [0.15, 0.2) is 36.4 Å². The van der Waals surface area contributed by atoms with E-state index in [2.05, 4.69) is 29.6 Å². The van der Waals surface area contributed by atoms with Crippen LogP contribution in [0.25, 0.3) is 0 Å². The summed E-state index contributed by atoms with van der Waals surface area (Å²) in [7, 11) is 0. The Morgan fingerprint density at radius 3 is 2.05 bits per heavy atom. The fourth-order valence-electron chi connectivity index (χ4n) is 2.60. The van der Waals surface area contributed by atoms with Crippen molar-refractivity contribution in [1.82, 2.24) is 0 Å². The topological polar surface area (TPSA) is 38.0 Å². The molecule has 0 spiro atoms. The van der Waals surface area contributed by atoms with E-state index in [9.17, 15) is 0 Å². The number of halogens is 2. The minimum Gasteiger partial charge on any atom is -0.399 e. The molecular formula is C15H14Cl2N2. The van der Waals surface area contributed by atoms with Crippen molar-refractivity contribution in [3.63, 3.8) is 0 Å². The van der Waals surface area contributed by atoms with Gasteiger partial charge in [0.2, 0.25) is 0 Å². The van der Waals surface area contributed by atoms with Gasteiger partial charge in [-0.3, -0.25) is 0 Å². The highest BCUT2D eigenvalue weighted by atomic mass is 35.5. The lowest BCUT2D eigenvalue weighted by Crippen LogP contribution is -2.20. The Bertz CT molecular complexity index is 577. The fourth-order valence-corrected chi connectivity index (χ4v) is 3.21. The summed E-state index contributed by atoms with van der Waals surface area (Å²) in [5, 5.41) is 4.57. The third kappa shape index (κ3) is 2.51. The van der Waals surface area contributed by atoms with Gasteiger partial charge in [-0.1, -0.05) is 47.5 Å². The van der Waals surface area contributed by atoms with Crippen molar-refractivity contribution in [3.05, 3.63) is 57.6 Å². The summed E-state index contributed by atoms with van der Waals surface area (Å²) >= 11 is 12.4. The van der Waals surface area contributed by atoms with Crippen molar-refractivity contribution in [2.75, 3.05) is 11.1 Å². The Balaban J connectivity index is 1.82. The molecule has 2 nitrogen and oxygen atoms in total. The summed E-state index contributed by atoms with van der Waals surface area (Å²) in [5.41, 5.74) is 9.84. The molecule has 0 bridgehead atoms. The number of hydrogen-bond acceptors (Lipinski definition) is 2. The average molecular weight is 293 g/mol. The molecule has 0 atom stereocenters. The van der Waals surface area contributed by atoms with E-state index in [1.54, 1.807) is 12.1 Å². The monoisotopic (exact) mass is 292 g/mol. The van der Waals surface area contributed by atoms with Crippen LogP contribution >= 0.6 is 23.2 Å². The predicted molar refractivity (Wildman–Crippen MR) is 82.1 cm³/mol. The van der Waals surface area contributed by atoms with Crippen LogP contribution in [0.1, 0.15) is 11.1 Å². The number of anilines is 2. The van der Waals surface area contributed by atoms with Gasteiger partial charge >= 0.3 is 0 Å². The number of nitrogens with two attached hydrogens (primary N) is 1. The van der Waals surface area contributed by atoms with E-state index in [-0.39, 0.29) is 0 Å². The molecule has 2 aromatic rings. The lowest BCUT2D eigenvalue weighted by Gasteiger charge is -2.16. The molecule has 0 aromatic heterocycles. The molecular weight excluding hydrogens is 279 g/mol. The molecule has 0 saturated heterocycles. The summed E-state index contributed by atoms with van der Waals surface area (Å²) in [5.74, 6) is 0. The van der Waals surface area contributed by atoms with Crippen LogP contribution in [-0.2, 0) is 12.8 Å². The predicted octanol–water partition coefficient (Wildman–Crippen LogP) is 4.15. The maximum atomic E-state index is 6.20. The van der Waals surface area contributed by atoms with Gasteiger partial charge in [0.25, 0.3) is 0 Å². The zero-order valence-electron chi connectivity index (χ0n) is 10.3. The van der Waals surface area contributed by atoms with E-state index in [0.717, 1.165) is 18.5 Å². The highest BCUT2D eigenvalue weighted by Crippen LogP contribution is 2.35. The molecule has 1 aliphatic carbocycles. The van der Waals surface area contributed by atoms with Crippen molar-refractivity contribution in [1.29, 1.82) is 0 Å². The molecule has 0 saturated carbocycles. The van der Waals surface area contributed by atoms with E-state index in [1.165, 1.54) is 11.1 Å².